The van der Waals surface area contributed by atoms with Gasteiger partial charge in [-0.15, -0.1) is 0 Å². The van der Waals surface area contributed by atoms with Gasteiger partial charge in [-0.1, -0.05) is 12.1 Å². The quantitative estimate of drug-likeness (QED) is 0.606. The van der Waals surface area contributed by atoms with E-state index in [1.54, 1.807) is 31.0 Å². The lowest BCUT2D eigenvalue weighted by Crippen LogP contribution is -2.34. The number of benzene rings is 1. The van der Waals surface area contributed by atoms with E-state index >= 15 is 0 Å². The second-order valence-corrected chi connectivity index (χ2v) is 4.42. The standard InChI is InChI=1S/C14H19NO3/c1-10(15(4)11(2)16)9-13-5-7-14(8-6-13)18-12(3)17/h5-8,10H,9H2,1-4H3. The molecule has 0 aliphatic carbocycles. The molecule has 0 spiro atoms. The van der Waals surface area contributed by atoms with Gasteiger partial charge >= 0.3 is 5.97 Å². The Morgan fingerprint density at radius 1 is 1.22 bits per heavy atom. The van der Waals surface area contributed by atoms with Crippen molar-refractivity contribution in [2.45, 2.75) is 33.2 Å². The largest absolute Gasteiger partial charge is 0.427 e. The van der Waals surface area contributed by atoms with Crippen LogP contribution in [-0.4, -0.2) is 29.9 Å². The minimum Gasteiger partial charge on any atom is -0.427 e. The lowest BCUT2D eigenvalue weighted by Gasteiger charge is -2.23. The molecule has 1 amide bonds. The van der Waals surface area contributed by atoms with Gasteiger partial charge in [0.1, 0.15) is 5.75 Å². The van der Waals surface area contributed by atoms with Gasteiger partial charge in [-0.3, -0.25) is 9.59 Å². The van der Waals surface area contributed by atoms with Gasteiger partial charge in [0.2, 0.25) is 5.91 Å². The van der Waals surface area contributed by atoms with Gasteiger partial charge in [-0.2, -0.15) is 0 Å². The monoisotopic (exact) mass is 249 g/mol. The van der Waals surface area contributed by atoms with Crippen molar-refractivity contribution < 1.29 is 14.3 Å². The Morgan fingerprint density at radius 2 is 1.78 bits per heavy atom. The van der Waals surface area contributed by atoms with Gasteiger partial charge in [-0.25, -0.2) is 0 Å². The molecule has 4 nitrogen and oxygen atoms in total. The maximum atomic E-state index is 11.2. The molecule has 1 aromatic carbocycles. The van der Waals surface area contributed by atoms with Crippen LogP contribution in [0.2, 0.25) is 0 Å². The number of carbonyl (C=O) groups is 2. The van der Waals surface area contributed by atoms with E-state index in [1.807, 2.05) is 19.1 Å². The summed E-state index contributed by atoms with van der Waals surface area (Å²) in [5, 5.41) is 0. The van der Waals surface area contributed by atoms with Crippen LogP contribution >= 0.6 is 0 Å². The summed E-state index contributed by atoms with van der Waals surface area (Å²) in [5.41, 5.74) is 1.10. The van der Waals surface area contributed by atoms with Gasteiger partial charge in [0.15, 0.2) is 0 Å². The first-order valence-electron chi connectivity index (χ1n) is 5.91. The highest BCUT2D eigenvalue weighted by Gasteiger charge is 2.12. The first kappa shape index (κ1) is 14.2. The van der Waals surface area contributed by atoms with Crippen LogP contribution in [0.15, 0.2) is 24.3 Å². The molecule has 98 valence electrons. The second kappa shape index (κ2) is 6.19. The van der Waals surface area contributed by atoms with E-state index in [-0.39, 0.29) is 17.9 Å². The third-order valence-electron chi connectivity index (χ3n) is 2.87. The SMILES string of the molecule is CC(=O)Oc1ccc(CC(C)N(C)C(C)=O)cc1. The van der Waals surface area contributed by atoms with Gasteiger partial charge in [0.25, 0.3) is 0 Å². The van der Waals surface area contributed by atoms with Crippen LogP contribution in [0.5, 0.6) is 5.75 Å². The minimum atomic E-state index is -0.326. The Kier molecular flexibility index (Phi) is 4.89. The molecule has 0 aliphatic rings. The number of carbonyl (C=O) groups excluding carboxylic acids is 2. The predicted molar refractivity (Wildman–Crippen MR) is 69.4 cm³/mol. The van der Waals surface area contributed by atoms with E-state index in [0.29, 0.717) is 5.75 Å². The minimum absolute atomic E-state index is 0.0547. The average molecular weight is 249 g/mol. The molecule has 1 atom stereocenters. The number of nitrogens with zero attached hydrogens (tertiary/aromatic N) is 1. The summed E-state index contributed by atoms with van der Waals surface area (Å²) < 4.78 is 4.96. The van der Waals surface area contributed by atoms with Crippen molar-refractivity contribution in [3.05, 3.63) is 29.8 Å². The lowest BCUT2D eigenvalue weighted by molar-refractivity contribution is -0.132. The number of amides is 1. The molecule has 0 fully saturated rings. The predicted octanol–water partition coefficient (Wildman–Crippen LogP) is 2.02. The first-order chi connectivity index (χ1) is 8.40. The lowest BCUT2D eigenvalue weighted by atomic mass is 10.1. The van der Waals surface area contributed by atoms with Crippen molar-refractivity contribution in [3.63, 3.8) is 0 Å². The molecular formula is C14H19NO3. The van der Waals surface area contributed by atoms with Crippen LogP contribution in [0.1, 0.15) is 26.3 Å². The maximum Gasteiger partial charge on any atom is 0.308 e. The molecule has 1 aromatic rings. The Labute approximate surface area is 108 Å². The Bertz CT molecular complexity index is 425. The molecule has 0 saturated heterocycles. The fourth-order valence-corrected chi connectivity index (χ4v) is 1.65. The summed E-state index contributed by atoms with van der Waals surface area (Å²) >= 11 is 0. The topological polar surface area (TPSA) is 46.6 Å². The normalized spacial score (nSPS) is 11.8. The van der Waals surface area contributed by atoms with Gasteiger partial charge < -0.3 is 9.64 Å². The van der Waals surface area contributed by atoms with E-state index in [1.165, 1.54) is 6.92 Å². The zero-order valence-corrected chi connectivity index (χ0v) is 11.3. The van der Waals surface area contributed by atoms with Crippen LogP contribution in [-0.2, 0) is 16.0 Å². The number of hydrogen-bond acceptors (Lipinski definition) is 3. The van der Waals surface area contributed by atoms with E-state index in [9.17, 15) is 9.59 Å². The second-order valence-electron chi connectivity index (χ2n) is 4.42. The van der Waals surface area contributed by atoms with Crippen molar-refractivity contribution in [3.8, 4) is 5.75 Å². The van der Waals surface area contributed by atoms with Crippen molar-refractivity contribution in [2.75, 3.05) is 7.05 Å². The fraction of sp³-hybridized carbons (Fsp3) is 0.429. The Hall–Kier alpha value is -1.84. The maximum absolute atomic E-state index is 11.2. The zero-order valence-electron chi connectivity index (χ0n) is 11.3. The number of esters is 1. The molecule has 0 radical (unpaired) electrons. The van der Waals surface area contributed by atoms with E-state index in [4.69, 9.17) is 4.74 Å². The van der Waals surface area contributed by atoms with Crippen molar-refractivity contribution in [1.82, 2.24) is 4.90 Å². The van der Waals surface area contributed by atoms with Crippen LogP contribution < -0.4 is 4.74 Å². The van der Waals surface area contributed by atoms with Crippen LogP contribution in [0, 0.1) is 0 Å². The molecule has 0 heterocycles. The third-order valence-corrected chi connectivity index (χ3v) is 2.87. The van der Waals surface area contributed by atoms with E-state index in [2.05, 4.69) is 0 Å². The Morgan fingerprint density at radius 3 is 2.22 bits per heavy atom. The molecule has 0 saturated carbocycles. The summed E-state index contributed by atoms with van der Waals surface area (Å²) in [4.78, 5) is 23.7. The average Bonchev–Trinajstić information content (AvgIpc) is 2.29. The number of ether oxygens (including phenoxy) is 1. The van der Waals surface area contributed by atoms with Gasteiger partial charge in [0.05, 0.1) is 0 Å². The van der Waals surface area contributed by atoms with Crippen LogP contribution in [0.3, 0.4) is 0 Å². The molecule has 0 bridgehead atoms. The molecular weight excluding hydrogens is 230 g/mol. The molecule has 1 rings (SSSR count). The molecule has 0 aliphatic heterocycles. The van der Waals surface area contributed by atoms with Crippen LogP contribution in [0.25, 0.3) is 0 Å². The molecule has 18 heavy (non-hydrogen) atoms. The smallest absolute Gasteiger partial charge is 0.308 e. The van der Waals surface area contributed by atoms with E-state index < -0.39 is 0 Å². The van der Waals surface area contributed by atoms with E-state index in [0.717, 1.165) is 12.0 Å². The summed E-state index contributed by atoms with van der Waals surface area (Å²) in [6.07, 6.45) is 0.774. The summed E-state index contributed by atoms with van der Waals surface area (Å²) in [5.74, 6) is 0.269. The van der Waals surface area contributed by atoms with Crippen molar-refractivity contribution >= 4 is 11.9 Å². The zero-order chi connectivity index (χ0) is 13.7. The summed E-state index contributed by atoms with van der Waals surface area (Å²) in [6, 6.07) is 7.47. The van der Waals surface area contributed by atoms with Gasteiger partial charge in [-0.05, 0) is 31.0 Å². The van der Waals surface area contributed by atoms with Crippen molar-refractivity contribution in [1.29, 1.82) is 0 Å². The highest BCUT2D eigenvalue weighted by atomic mass is 16.5. The fourth-order valence-electron chi connectivity index (χ4n) is 1.65. The summed E-state index contributed by atoms with van der Waals surface area (Å²) in [6.45, 7) is 4.93. The molecule has 1 unspecified atom stereocenters. The molecule has 4 heteroatoms. The number of rotatable bonds is 4. The first-order valence-corrected chi connectivity index (χ1v) is 5.91. The number of hydrogen-bond donors (Lipinski definition) is 0. The Balaban J connectivity index is 2.63. The molecule has 0 N–H and O–H groups in total. The number of likely N-dealkylation sites (N-methyl/N-ethyl adjacent to an activating group) is 1. The van der Waals surface area contributed by atoms with Gasteiger partial charge in [0, 0.05) is 26.9 Å². The summed E-state index contributed by atoms with van der Waals surface area (Å²) in [7, 11) is 1.79. The highest BCUT2D eigenvalue weighted by Crippen LogP contribution is 2.14. The van der Waals surface area contributed by atoms with Crippen LogP contribution in [0.4, 0.5) is 0 Å². The highest BCUT2D eigenvalue weighted by molar-refractivity contribution is 5.73. The third kappa shape index (κ3) is 4.20. The molecule has 0 aromatic heterocycles. The van der Waals surface area contributed by atoms with Crippen molar-refractivity contribution in [2.24, 2.45) is 0 Å².